The standard InChI is InChI=1S/C14H10F2O2/c1-8-4-2-3-5-10(8)11-6-9(14(17)18)7-12(15)13(11)16/h2-7H,1H3,(H,17,18). The molecule has 2 aromatic carbocycles. The van der Waals surface area contributed by atoms with Gasteiger partial charge in [0.2, 0.25) is 0 Å². The van der Waals surface area contributed by atoms with Crippen molar-refractivity contribution in [3.63, 3.8) is 0 Å². The zero-order valence-corrected chi connectivity index (χ0v) is 9.58. The molecule has 0 heterocycles. The normalized spacial score (nSPS) is 10.4. The predicted molar refractivity (Wildman–Crippen MR) is 63.5 cm³/mol. The highest BCUT2D eigenvalue weighted by Crippen LogP contribution is 2.28. The van der Waals surface area contributed by atoms with Crippen LogP contribution in [0.2, 0.25) is 0 Å². The topological polar surface area (TPSA) is 37.3 Å². The minimum absolute atomic E-state index is 0.0366. The van der Waals surface area contributed by atoms with Crippen LogP contribution in [0.25, 0.3) is 11.1 Å². The molecule has 0 spiro atoms. The number of carboxylic acid groups (broad SMARTS) is 1. The Morgan fingerprint density at radius 1 is 1.11 bits per heavy atom. The van der Waals surface area contributed by atoms with E-state index in [4.69, 9.17) is 5.11 Å². The Kier molecular flexibility index (Phi) is 3.10. The summed E-state index contributed by atoms with van der Waals surface area (Å²) in [6, 6.07) is 8.66. The SMILES string of the molecule is Cc1ccccc1-c1cc(C(=O)O)cc(F)c1F. The summed E-state index contributed by atoms with van der Waals surface area (Å²) in [5.74, 6) is -3.48. The summed E-state index contributed by atoms with van der Waals surface area (Å²) in [4.78, 5) is 10.8. The zero-order chi connectivity index (χ0) is 13.3. The second-order valence-electron chi connectivity index (χ2n) is 3.94. The number of carboxylic acids is 1. The Labute approximate surface area is 103 Å². The van der Waals surface area contributed by atoms with Crippen LogP contribution < -0.4 is 0 Å². The average Bonchev–Trinajstić information content (AvgIpc) is 2.33. The van der Waals surface area contributed by atoms with Gasteiger partial charge in [-0.3, -0.25) is 0 Å². The number of hydrogen-bond donors (Lipinski definition) is 1. The van der Waals surface area contributed by atoms with Crippen molar-refractivity contribution in [2.24, 2.45) is 0 Å². The van der Waals surface area contributed by atoms with Crippen molar-refractivity contribution >= 4 is 5.97 Å². The highest BCUT2D eigenvalue weighted by Gasteiger charge is 2.16. The molecule has 4 heteroatoms. The van der Waals surface area contributed by atoms with Gasteiger partial charge in [0, 0.05) is 5.56 Å². The maximum Gasteiger partial charge on any atom is 0.335 e. The number of halogens is 2. The van der Waals surface area contributed by atoms with Crippen LogP contribution in [0.15, 0.2) is 36.4 Å². The van der Waals surface area contributed by atoms with Crippen molar-refractivity contribution in [1.82, 2.24) is 0 Å². The van der Waals surface area contributed by atoms with Crippen LogP contribution in [-0.4, -0.2) is 11.1 Å². The summed E-state index contributed by atoms with van der Waals surface area (Å²) in [7, 11) is 0. The third kappa shape index (κ3) is 2.09. The van der Waals surface area contributed by atoms with Crippen LogP contribution in [0.4, 0.5) is 8.78 Å². The van der Waals surface area contributed by atoms with E-state index in [0.29, 0.717) is 11.6 Å². The van der Waals surface area contributed by atoms with Gasteiger partial charge in [-0.2, -0.15) is 0 Å². The van der Waals surface area contributed by atoms with E-state index in [1.807, 2.05) is 0 Å². The van der Waals surface area contributed by atoms with Gasteiger partial charge in [-0.05, 0) is 30.2 Å². The first kappa shape index (κ1) is 12.2. The first-order valence-corrected chi connectivity index (χ1v) is 5.29. The summed E-state index contributed by atoms with van der Waals surface area (Å²) in [5.41, 5.74) is 0.924. The smallest absolute Gasteiger partial charge is 0.335 e. The third-order valence-electron chi connectivity index (χ3n) is 2.71. The molecule has 0 aliphatic carbocycles. The molecule has 2 rings (SSSR count). The molecule has 0 bridgehead atoms. The molecule has 0 unspecified atom stereocenters. The van der Waals surface area contributed by atoms with Crippen LogP contribution in [0.3, 0.4) is 0 Å². The summed E-state index contributed by atoms with van der Waals surface area (Å²) < 4.78 is 27.1. The lowest BCUT2D eigenvalue weighted by Gasteiger charge is -2.09. The molecule has 2 nitrogen and oxygen atoms in total. The van der Waals surface area contributed by atoms with Gasteiger partial charge < -0.3 is 5.11 Å². The number of aryl methyl sites for hydroxylation is 1. The van der Waals surface area contributed by atoms with E-state index >= 15 is 0 Å². The van der Waals surface area contributed by atoms with E-state index in [2.05, 4.69) is 0 Å². The van der Waals surface area contributed by atoms with Gasteiger partial charge in [0.15, 0.2) is 11.6 Å². The van der Waals surface area contributed by atoms with Crippen molar-refractivity contribution in [2.75, 3.05) is 0 Å². The number of carbonyl (C=O) groups is 1. The van der Waals surface area contributed by atoms with Gasteiger partial charge in [-0.1, -0.05) is 24.3 Å². The lowest BCUT2D eigenvalue weighted by molar-refractivity contribution is 0.0696. The van der Waals surface area contributed by atoms with Crippen LogP contribution in [0.1, 0.15) is 15.9 Å². The molecule has 0 fully saturated rings. The van der Waals surface area contributed by atoms with E-state index in [0.717, 1.165) is 11.6 Å². The minimum atomic E-state index is -1.29. The van der Waals surface area contributed by atoms with E-state index in [1.54, 1.807) is 31.2 Å². The molecule has 92 valence electrons. The van der Waals surface area contributed by atoms with Crippen molar-refractivity contribution in [3.8, 4) is 11.1 Å². The third-order valence-corrected chi connectivity index (χ3v) is 2.71. The second kappa shape index (κ2) is 4.56. The van der Waals surface area contributed by atoms with E-state index in [1.165, 1.54) is 0 Å². The Morgan fingerprint density at radius 2 is 1.78 bits per heavy atom. The largest absolute Gasteiger partial charge is 0.478 e. The van der Waals surface area contributed by atoms with Crippen LogP contribution >= 0.6 is 0 Å². The second-order valence-corrected chi connectivity index (χ2v) is 3.94. The molecule has 18 heavy (non-hydrogen) atoms. The van der Waals surface area contributed by atoms with E-state index in [-0.39, 0.29) is 11.1 Å². The molecule has 0 radical (unpaired) electrons. The van der Waals surface area contributed by atoms with Gasteiger partial charge in [0.05, 0.1) is 5.56 Å². The predicted octanol–water partition coefficient (Wildman–Crippen LogP) is 3.64. The lowest BCUT2D eigenvalue weighted by Crippen LogP contribution is -2.01. The minimum Gasteiger partial charge on any atom is -0.478 e. The molecule has 0 saturated carbocycles. The van der Waals surface area contributed by atoms with Crippen LogP contribution in [0.5, 0.6) is 0 Å². The fraction of sp³-hybridized carbons (Fsp3) is 0.0714. The summed E-state index contributed by atoms with van der Waals surface area (Å²) in [6.07, 6.45) is 0. The monoisotopic (exact) mass is 248 g/mol. The van der Waals surface area contributed by atoms with E-state index in [9.17, 15) is 13.6 Å². The molecule has 0 aliphatic rings. The molecular weight excluding hydrogens is 238 g/mol. The highest BCUT2D eigenvalue weighted by molar-refractivity contribution is 5.89. The maximum absolute atomic E-state index is 13.7. The molecule has 2 aromatic rings. The molecule has 0 aromatic heterocycles. The molecule has 0 atom stereocenters. The molecule has 0 saturated heterocycles. The highest BCUT2D eigenvalue weighted by atomic mass is 19.2. The molecule has 0 aliphatic heterocycles. The van der Waals surface area contributed by atoms with Crippen molar-refractivity contribution in [1.29, 1.82) is 0 Å². The lowest BCUT2D eigenvalue weighted by atomic mass is 9.98. The Morgan fingerprint density at radius 3 is 2.39 bits per heavy atom. The average molecular weight is 248 g/mol. The first-order chi connectivity index (χ1) is 8.50. The zero-order valence-electron chi connectivity index (χ0n) is 9.58. The first-order valence-electron chi connectivity index (χ1n) is 5.29. The number of benzene rings is 2. The fourth-order valence-corrected chi connectivity index (χ4v) is 1.78. The van der Waals surface area contributed by atoms with Gasteiger partial charge in [-0.25, -0.2) is 13.6 Å². The van der Waals surface area contributed by atoms with Crippen LogP contribution in [-0.2, 0) is 0 Å². The van der Waals surface area contributed by atoms with Crippen LogP contribution in [0, 0.1) is 18.6 Å². The number of rotatable bonds is 2. The summed E-state index contributed by atoms with van der Waals surface area (Å²) in [6.45, 7) is 1.75. The number of aromatic carboxylic acids is 1. The summed E-state index contributed by atoms with van der Waals surface area (Å²) in [5, 5.41) is 8.85. The Hall–Kier alpha value is -2.23. The quantitative estimate of drug-likeness (QED) is 0.880. The maximum atomic E-state index is 13.7. The van der Waals surface area contributed by atoms with Crippen molar-refractivity contribution in [3.05, 3.63) is 59.2 Å². The molecular formula is C14H10F2O2. The van der Waals surface area contributed by atoms with E-state index < -0.39 is 17.6 Å². The molecule has 1 N–H and O–H groups in total. The van der Waals surface area contributed by atoms with Crippen molar-refractivity contribution in [2.45, 2.75) is 6.92 Å². The fourth-order valence-electron chi connectivity index (χ4n) is 1.78. The van der Waals surface area contributed by atoms with Gasteiger partial charge >= 0.3 is 5.97 Å². The van der Waals surface area contributed by atoms with Crippen molar-refractivity contribution < 1.29 is 18.7 Å². The van der Waals surface area contributed by atoms with Gasteiger partial charge in [-0.15, -0.1) is 0 Å². The Bertz CT molecular complexity index is 621. The van der Waals surface area contributed by atoms with Gasteiger partial charge in [0.1, 0.15) is 0 Å². The number of hydrogen-bond acceptors (Lipinski definition) is 1. The molecule has 0 amide bonds. The Balaban J connectivity index is 2.71. The van der Waals surface area contributed by atoms with Gasteiger partial charge in [0.25, 0.3) is 0 Å². The summed E-state index contributed by atoms with van der Waals surface area (Å²) >= 11 is 0.